The highest BCUT2D eigenvalue weighted by molar-refractivity contribution is 5.46. The van der Waals surface area contributed by atoms with Crippen LogP contribution < -0.4 is 15.4 Å². The van der Waals surface area contributed by atoms with Crippen molar-refractivity contribution in [2.24, 2.45) is 5.92 Å². The van der Waals surface area contributed by atoms with Crippen molar-refractivity contribution in [3.05, 3.63) is 24.3 Å². The molecule has 4 nitrogen and oxygen atoms in total. The van der Waals surface area contributed by atoms with E-state index < -0.39 is 0 Å². The molecule has 0 spiro atoms. The first-order valence-electron chi connectivity index (χ1n) is 6.43. The zero-order valence-electron chi connectivity index (χ0n) is 10.5. The summed E-state index contributed by atoms with van der Waals surface area (Å²) in [5.41, 5.74) is 1.10. The number of ether oxygens (including phenoxy) is 1. The van der Waals surface area contributed by atoms with E-state index in [1.54, 1.807) is 0 Å². The number of benzene rings is 1. The van der Waals surface area contributed by atoms with Gasteiger partial charge >= 0.3 is 0 Å². The number of nitriles is 1. The van der Waals surface area contributed by atoms with E-state index in [1.807, 2.05) is 30.3 Å². The SMILES string of the molecule is N#CCOc1ccc(NCC2CCCNC2)cc1. The minimum absolute atomic E-state index is 0.0977. The first-order chi connectivity index (χ1) is 8.88. The number of piperidine rings is 1. The van der Waals surface area contributed by atoms with E-state index in [1.165, 1.54) is 12.8 Å². The molecule has 0 bridgehead atoms. The van der Waals surface area contributed by atoms with E-state index in [2.05, 4.69) is 10.6 Å². The molecule has 0 aliphatic carbocycles. The average molecular weight is 245 g/mol. The quantitative estimate of drug-likeness (QED) is 0.833. The largest absolute Gasteiger partial charge is 0.479 e. The van der Waals surface area contributed by atoms with Gasteiger partial charge in [-0.1, -0.05) is 0 Å². The molecule has 1 aromatic carbocycles. The van der Waals surface area contributed by atoms with Gasteiger partial charge in [-0.05, 0) is 56.1 Å². The van der Waals surface area contributed by atoms with Gasteiger partial charge in [-0.15, -0.1) is 0 Å². The second kappa shape index (κ2) is 6.87. The Morgan fingerprint density at radius 1 is 1.39 bits per heavy atom. The van der Waals surface area contributed by atoms with Crippen LogP contribution in [0.4, 0.5) is 5.69 Å². The van der Waals surface area contributed by atoms with E-state index in [9.17, 15) is 0 Å². The molecule has 2 N–H and O–H groups in total. The third kappa shape index (κ3) is 3.94. The summed E-state index contributed by atoms with van der Waals surface area (Å²) >= 11 is 0. The average Bonchev–Trinajstić information content (AvgIpc) is 2.45. The fourth-order valence-corrected chi connectivity index (χ4v) is 2.15. The summed E-state index contributed by atoms with van der Waals surface area (Å²) in [5, 5.41) is 15.3. The van der Waals surface area contributed by atoms with E-state index in [0.717, 1.165) is 31.1 Å². The molecule has 1 aromatic rings. The second-order valence-electron chi connectivity index (χ2n) is 4.56. The summed E-state index contributed by atoms with van der Waals surface area (Å²) in [4.78, 5) is 0. The lowest BCUT2D eigenvalue weighted by Gasteiger charge is -2.23. The molecule has 1 saturated heterocycles. The molecule has 1 heterocycles. The zero-order chi connectivity index (χ0) is 12.6. The van der Waals surface area contributed by atoms with Gasteiger partial charge in [-0.3, -0.25) is 0 Å². The highest BCUT2D eigenvalue weighted by Gasteiger charge is 2.12. The van der Waals surface area contributed by atoms with E-state index in [-0.39, 0.29) is 6.61 Å². The number of rotatable bonds is 5. The topological polar surface area (TPSA) is 57.1 Å². The van der Waals surface area contributed by atoms with Crippen molar-refractivity contribution in [2.45, 2.75) is 12.8 Å². The smallest absolute Gasteiger partial charge is 0.174 e. The Morgan fingerprint density at radius 3 is 2.89 bits per heavy atom. The van der Waals surface area contributed by atoms with Crippen molar-refractivity contribution in [3.8, 4) is 11.8 Å². The van der Waals surface area contributed by atoms with Gasteiger partial charge in [0.05, 0.1) is 0 Å². The summed E-state index contributed by atoms with van der Waals surface area (Å²) in [5.74, 6) is 1.45. The summed E-state index contributed by atoms with van der Waals surface area (Å²) < 4.78 is 5.21. The first-order valence-corrected chi connectivity index (χ1v) is 6.43. The number of hydrogen-bond donors (Lipinski definition) is 2. The molecule has 0 amide bonds. The van der Waals surface area contributed by atoms with Crippen molar-refractivity contribution in [1.82, 2.24) is 5.32 Å². The summed E-state index contributed by atoms with van der Waals surface area (Å²) in [6, 6.07) is 9.71. The van der Waals surface area contributed by atoms with E-state index in [0.29, 0.717) is 5.92 Å². The van der Waals surface area contributed by atoms with Crippen LogP contribution in [0.15, 0.2) is 24.3 Å². The lowest BCUT2D eigenvalue weighted by Crippen LogP contribution is -2.33. The van der Waals surface area contributed by atoms with Gasteiger partial charge < -0.3 is 15.4 Å². The third-order valence-electron chi connectivity index (χ3n) is 3.15. The zero-order valence-corrected chi connectivity index (χ0v) is 10.5. The molecule has 1 aliphatic rings. The predicted molar refractivity (Wildman–Crippen MR) is 71.6 cm³/mol. The molecule has 96 valence electrons. The maximum atomic E-state index is 8.42. The van der Waals surface area contributed by atoms with Crippen LogP contribution in [0, 0.1) is 17.2 Å². The number of nitrogens with zero attached hydrogens (tertiary/aromatic N) is 1. The van der Waals surface area contributed by atoms with Crippen LogP contribution in [0.3, 0.4) is 0 Å². The van der Waals surface area contributed by atoms with Crippen molar-refractivity contribution >= 4 is 5.69 Å². The van der Waals surface area contributed by atoms with Gasteiger partial charge in [0, 0.05) is 12.2 Å². The van der Waals surface area contributed by atoms with Crippen LogP contribution in [-0.2, 0) is 0 Å². The molecular formula is C14H19N3O. The Kier molecular flexibility index (Phi) is 4.86. The minimum atomic E-state index is 0.0977. The van der Waals surface area contributed by atoms with Crippen LogP contribution in [0.5, 0.6) is 5.75 Å². The van der Waals surface area contributed by atoms with Crippen molar-refractivity contribution in [3.63, 3.8) is 0 Å². The van der Waals surface area contributed by atoms with Crippen LogP contribution >= 0.6 is 0 Å². The maximum Gasteiger partial charge on any atom is 0.174 e. The standard InChI is InChI=1S/C14H19N3O/c15-7-9-18-14-5-3-13(4-6-14)17-11-12-2-1-8-16-10-12/h3-6,12,16-17H,1-2,8-11H2. The molecule has 1 unspecified atom stereocenters. The third-order valence-corrected chi connectivity index (χ3v) is 3.15. The Balaban J connectivity index is 1.77. The molecule has 0 aromatic heterocycles. The molecule has 0 radical (unpaired) electrons. The number of anilines is 1. The molecule has 4 heteroatoms. The lowest BCUT2D eigenvalue weighted by molar-refractivity contribution is 0.368. The molecular weight excluding hydrogens is 226 g/mol. The van der Waals surface area contributed by atoms with Crippen LogP contribution in [0.2, 0.25) is 0 Å². The highest BCUT2D eigenvalue weighted by Crippen LogP contribution is 2.17. The minimum Gasteiger partial charge on any atom is -0.479 e. The van der Waals surface area contributed by atoms with Gasteiger partial charge in [-0.2, -0.15) is 5.26 Å². The Labute approximate surface area is 108 Å². The molecule has 0 saturated carbocycles. The van der Waals surface area contributed by atoms with Gasteiger partial charge in [-0.25, -0.2) is 0 Å². The second-order valence-corrected chi connectivity index (χ2v) is 4.56. The maximum absolute atomic E-state index is 8.42. The summed E-state index contributed by atoms with van der Waals surface area (Å²) in [6.45, 7) is 3.36. The van der Waals surface area contributed by atoms with Crippen molar-refractivity contribution in [2.75, 3.05) is 31.6 Å². The first kappa shape index (κ1) is 12.7. The van der Waals surface area contributed by atoms with E-state index in [4.69, 9.17) is 10.00 Å². The highest BCUT2D eigenvalue weighted by atomic mass is 16.5. The van der Waals surface area contributed by atoms with E-state index >= 15 is 0 Å². The summed E-state index contributed by atoms with van der Waals surface area (Å²) in [7, 11) is 0. The number of hydrogen-bond acceptors (Lipinski definition) is 4. The Bertz CT molecular complexity index is 390. The normalized spacial score (nSPS) is 18.9. The fraction of sp³-hybridized carbons (Fsp3) is 0.500. The van der Waals surface area contributed by atoms with Gasteiger partial charge in [0.1, 0.15) is 11.8 Å². The van der Waals surface area contributed by atoms with Crippen LogP contribution in [-0.4, -0.2) is 26.2 Å². The molecule has 1 atom stereocenters. The molecule has 2 rings (SSSR count). The van der Waals surface area contributed by atoms with Crippen molar-refractivity contribution < 1.29 is 4.74 Å². The summed E-state index contributed by atoms with van der Waals surface area (Å²) in [6.07, 6.45) is 2.57. The molecule has 1 aliphatic heterocycles. The molecule has 1 fully saturated rings. The van der Waals surface area contributed by atoms with Gasteiger partial charge in [0.15, 0.2) is 6.61 Å². The predicted octanol–water partition coefficient (Wildman–Crippen LogP) is 2.00. The Hall–Kier alpha value is -1.73. The lowest BCUT2D eigenvalue weighted by atomic mass is 10.00. The van der Waals surface area contributed by atoms with Gasteiger partial charge in [0.2, 0.25) is 0 Å². The van der Waals surface area contributed by atoms with Crippen molar-refractivity contribution in [1.29, 1.82) is 5.26 Å². The van der Waals surface area contributed by atoms with Crippen LogP contribution in [0.1, 0.15) is 12.8 Å². The molecule has 18 heavy (non-hydrogen) atoms. The van der Waals surface area contributed by atoms with Gasteiger partial charge in [0.25, 0.3) is 0 Å². The van der Waals surface area contributed by atoms with Crippen LogP contribution in [0.25, 0.3) is 0 Å². The number of nitrogens with one attached hydrogen (secondary N) is 2. The Morgan fingerprint density at radius 2 is 2.22 bits per heavy atom. The monoisotopic (exact) mass is 245 g/mol. The fourth-order valence-electron chi connectivity index (χ4n) is 2.15.